The van der Waals surface area contributed by atoms with E-state index >= 15 is 0 Å². The van der Waals surface area contributed by atoms with Crippen LogP contribution in [0.25, 0.3) is 21.9 Å². The van der Waals surface area contributed by atoms with Crippen LogP contribution in [-0.2, 0) is 21.3 Å². The highest BCUT2D eigenvalue weighted by atomic mass is 32.2. The van der Waals surface area contributed by atoms with Gasteiger partial charge in [0.15, 0.2) is 5.82 Å². The van der Waals surface area contributed by atoms with Crippen LogP contribution in [0.3, 0.4) is 0 Å². The van der Waals surface area contributed by atoms with Crippen LogP contribution in [0, 0.1) is 12.8 Å². The molecule has 10 heteroatoms. The van der Waals surface area contributed by atoms with E-state index in [2.05, 4.69) is 26.2 Å². The minimum atomic E-state index is -3.70. The summed E-state index contributed by atoms with van der Waals surface area (Å²) in [7, 11) is -3.70. The molecule has 0 aliphatic heterocycles. The fraction of sp³-hybridized carbons (Fsp3) is 0.400. The third-order valence-electron chi connectivity index (χ3n) is 6.54. The molecule has 5 rings (SSSR count). The van der Waals surface area contributed by atoms with Crippen molar-refractivity contribution in [3.8, 4) is 0 Å². The number of aromatic nitrogens is 4. The number of rotatable bonds is 10. The second-order valence-corrected chi connectivity index (χ2v) is 10.8. The highest BCUT2D eigenvalue weighted by Gasteiger charge is 2.32. The monoisotopic (exact) mass is 494 g/mol. The first-order valence-corrected chi connectivity index (χ1v) is 13.4. The molecule has 0 spiro atoms. The van der Waals surface area contributed by atoms with Crippen molar-refractivity contribution < 1.29 is 13.2 Å². The van der Waals surface area contributed by atoms with E-state index in [-0.39, 0.29) is 18.0 Å². The Kier molecular flexibility index (Phi) is 6.43. The van der Waals surface area contributed by atoms with Crippen molar-refractivity contribution in [2.45, 2.75) is 44.0 Å². The Morgan fingerprint density at radius 2 is 1.97 bits per heavy atom. The fourth-order valence-electron chi connectivity index (χ4n) is 4.56. The molecule has 1 saturated carbocycles. The van der Waals surface area contributed by atoms with Gasteiger partial charge in [0.25, 0.3) is 0 Å². The lowest BCUT2D eigenvalue weighted by atomic mass is 10.1. The van der Waals surface area contributed by atoms with Gasteiger partial charge < -0.3 is 15.0 Å². The first-order chi connectivity index (χ1) is 16.8. The lowest BCUT2D eigenvalue weighted by Gasteiger charge is -2.15. The minimum Gasteiger partial charge on any atom is -0.382 e. The second-order valence-electron chi connectivity index (χ2n) is 9.11. The summed E-state index contributed by atoms with van der Waals surface area (Å²) in [6.45, 7) is 5.58. The molecule has 1 fully saturated rings. The molecule has 3 aromatic heterocycles. The standard InChI is InChI=1S/C25H30N6O3S/c1-16-15-20-23(24(26)29-16)30-25(17(2)18-8-9-18)31(20)12-14-34-13-11-28-35(32,33)21-7-3-5-19-6-4-10-27-22(19)21/h3-7,10,15,17-18,28H,8-9,11-14H2,1-2H3,(H2,26,29). The summed E-state index contributed by atoms with van der Waals surface area (Å²) in [6.07, 6.45) is 4.04. The number of nitrogens with one attached hydrogen (secondary N) is 1. The molecular weight excluding hydrogens is 464 g/mol. The van der Waals surface area contributed by atoms with Gasteiger partial charge >= 0.3 is 0 Å². The van der Waals surface area contributed by atoms with Gasteiger partial charge in [0.1, 0.15) is 16.2 Å². The van der Waals surface area contributed by atoms with Crippen LogP contribution >= 0.6 is 0 Å². The summed E-state index contributed by atoms with van der Waals surface area (Å²) < 4.78 is 36.3. The fourth-order valence-corrected chi connectivity index (χ4v) is 5.75. The van der Waals surface area contributed by atoms with Gasteiger partial charge in [0, 0.05) is 36.3 Å². The van der Waals surface area contributed by atoms with Gasteiger partial charge in [-0.3, -0.25) is 4.98 Å². The van der Waals surface area contributed by atoms with Crippen molar-refractivity contribution in [3.05, 3.63) is 54.1 Å². The van der Waals surface area contributed by atoms with Crippen LogP contribution in [0.15, 0.2) is 47.5 Å². The van der Waals surface area contributed by atoms with E-state index in [4.69, 9.17) is 15.5 Å². The third kappa shape index (κ3) is 4.86. The zero-order valence-corrected chi connectivity index (χ0v) is 20.8. The van der Waals surface area contributed by atoms with Crippen LogP contribution in [-0.4, -0.2) is 47.7 Å². The Morgan fingerprint density at radius 1 is 1.17 bits per heavy atom. The minimum absolute atomic E-state index is 0.164. The summed E-state index contributed by atoms with van der Waals surface area (Å²) >= 11 is 0. The molecule has 1 aromatic carbocycles. The summed E-state index contributed by atoms with van der Waals surface area (Å²) in [6, 6.07) is 10.8. The molecule has 184 valence electrons. The van der Waals surface area contributed by atoms with Crippen LogP contribution < -0.4 is 10.5 Å². The summed E-state index contributed by atoms with van der Waals surface area (Å²) in [5, 5.41) is 0.779. The maximum atomic E-state index is 12.8. The number of pyridine rings is 2. The van der Waals surface area contributed by atoms with Gasteiger partial charge in [-0.15, -0.1) is 0 Å². The van der Waals surface area contributed by atoms with Crippen molar-refractivity contribution in [2.75, 3.05) is 25.5 Å². The van der Waals surface area contributed by atoms with Gasteiger partial charge in [-0.1, -0.05) is 25.1 Å². The number of nitrogens with two attached hydrogens (primary N) is 1. The quantitative estimate of drug-likeness (QED) is 0.324. The zero-order chi connectivity index (χ0) is 24.6. The molecule has 1 atom stereocenters. The van der Waals surface area contributed by atoms with Crippen molar-refractivity contribution in [1.29, 1.82) is 0 Å². The van der Waals surface area contributed by atoms with Crippen LogP contribution in [0.1, 0.15) is 37.2 Å². The highest BCUT2D eigenvalue weighted by Crippen LogP contribution is 2.42. The van der Waals surface area contributed by atoms with Crippen LogP contribution in [0.4, 0.5) is 5.82 Å². The molecule has 1 aliphatic carbocycles. The normalized spacial score (nSPS) is 15.1. The average molecular weight is 495 g/mol. The zero-order valence-electron chi connectivity index (χ0n) is 19.9. The number of imidazole rings is 1. The molecule has 4 aromatic rings. The average Bonchev–Trinajstić information content (AvgIpc) is 3.62. The van der Waals surface area contributed by atoms with E-state index in [9.17, 15) is 8.42 Å². The largest absolute Gasteiger partial charge is 0.382 e. The van der Waals surface area contributed by atoms with E-state index < -0.39 is 10.0 Å². The number of hydrogen-bond donors (Lipinski definition) is 2. The van der Waals surface area contributed by atoms with Crippen molar-refractivity contribution in [2.24, 2.45) is 5.92 Å². The third-order valence-corrected chi connectivity index (χ3v) is 8.03. The molecule has 3 N–H and O–H groups in total. The number of sulfonamides is 1. The number of ether oxygens (including phenoxy) is 1. The Balaban J connectivity index is 1.22. The van der Waals surface area contributed by atoms with Gasteiger partial charge in [0.2, 0.25) is 10.0 Å². The number of fused-ring (bicyclic) bond motifs is 2. The maximum absolute atomic E-state index is 12.8. The number of anilines is 1. The molecule has 0 radical (unpaired) electrons. The number of para-hydroxylation sites is 1. The molecule has 9 nitrogen and oxygen atoms in total. The Hall–Kier alpha value is -3.08. The van der Waals surface area contributed by atoms with E-state index in [0.29, 0.717) is 36.3 Å². The lowest BCUT2D eigenvalue weighted by molar-refractivity contribution is 0.131. The molecule has 3 heterocycles. The van der Waals surface area contributed by atoms with E-state index in [1.165, 1.54) is 12.8 Å². The number of aryl methyl sites for hydroxylation is 1. The van der Waals surface area contributed by atoms with Gasteiger partial charge in [-0.2, -0.15) is 0 Å². The topological polar surface area (TPSA) is 125 Å². The molecule has 0 bridgehead atoms. The van der Waals surface area contributed by atoms with Gasteiger partial charge in [0.05, 0.1) is 24.2 Å². The Morgan fingerprint density at radius 3 is 2.77 bits per heavy atom. The highest BCUT2D eigenvalue weighted by molar-refractivity contribution is 7.89. The smallest absolute Gasteiger partial charge is 0.242 e. The first kappa shape index (κ1) is 23.7. The van der Waals surface area contributed by atoms with E-state index in [1.807, 2.05) is 25.1 Å². The van der Waals surface area contributed by atoms with Gasteiger partial charge in [-0.05, 0) is 43.9 Å². The molecule has 1 unspecified atom stereocenters. The Labute approximate surface area is 204 Å². The maximum Gasteiger partial charge on any atom is 0.242 e. The van der Waals surface area contributed by atoms with Crippen molar-refractivity contribution in [1.82, 2.24) is 24.2 Å². The van der Waals surface area contributed by atoms with E-state index in [1.54, 1.807) is 24.4 Å². The number of hydrogen-bond acceptors (Lipinski definition) is 7. The van der Waals surface area contributed by atoms with Gasteiger partial charge in [-0.25, -0.2) is 23.1 Å². The van der Waals surface area contributed by atoms with Crippen molar-refractivity contribution in [3.63, 3.8) is 0 Å². The summed E-state index contributed by atoms with van der Waals surface area (Å²) in [4.78, 5) is 13.6. The summed E-state index contributed by atoms with van der Waals surface area (Å²) in [5.41, 5.74) is 9.16. The SMILES string of the molecule is Cc1cc2c(nc(C(C)C3CC3)n2CCOCCNS(=O)(=O)c2cccc3cccnc23)c(N)n1. The number of benzene rings is 1. The predicted octanol–water partition coefficient (Wildman–Crippen LogP) is 3.38. The van der Waals surface area contributed by atoms with Crippen LogP contribution in [0.5, 0.6) is 0 Å². The molecule has 0 amide bonds. The molecular formula is C25H30N6O3S. The number of nitrogens with zero attached hydrogens (tertiary/aromatic N) is 4. The molecule has 0 saturated heterocycles. The number of nitrogen functional groups attached to an aromatic ring is 1. The Bertz CT molecular complexity index is 1470. The summed E-state index contributed by atoms with van der Waals surface area (Å²) in [5.74, 6) is 2.44. The molecule has 35 heavy (non-hydrogen) atoms. The van der Waals surface area contributed by atoms with E-state index in [0.717, 1.165) is 27.9 Å². The van der Waals surface area contributed by atoms with Crippen LogP contribution in [0.2, 0.25) is 0 Å². The molecule has 1 aliphatic rings. The predicted molar refractivity (Wildman–Crippen MR) is 136 cm³/mol. The first-order valence-electron chi connectivity index (χ1n) is 11.9. The lowest BCUT2D eigenvalue weighted by Crippen LogP contribution is -2.28. The van der Waals surface area contributed by atoms with Crippen molar-refractivity contribution >= 4 is 37.8 Å². The second kappa shape index (κ2) is 9.52.